The molecule has 2 amide bonds. The lowest BCUT2D eigenvalue weighted by molar-refractivity contribution is -0.120. The van der Waals surface area contributed by atoms with Gasteiger partial charge in [0.1, 0.15) is 6.04 Å². The molecule has 0 bridgehead atoms. The fourth-order valence-electron chi connectivity index (χ4n) is 3.57. The van der Waals surface area contributed by atoms with Gasteiger partial charge < -0.3 is 5.32 Å². The largest absolute Gasteiger partial charge is 0.325 e. The van der Waals surface area contributed by atoms with Crippen LogP contribution in [0.25, 0.3) is 0 Å². The van der Waals surface area contributed by atoms with Gasteiger partial charge in [0.25, 0.3) is 5.91 Å². The van der Waals surface area contributed by atoms with Gasteiger partial charge >= 0.3 is 0 Å². The minimum Gasteiger partial charge on any atom is -0.325 e. The number of hydrogen-bond acceptors (Lipinski definition) is 6. The lowest BCUT2D eigenvalue weighted by Gasteiger charge is -2.33. The Morgan fingerprint density at radius 1 is 1.00 bits per heavy atom. The highest BCUT2D eigenvalue weighted by atomic mass is 32.2. The molecular weight excluding hydrogens is 448 g/mol. The molecular formula is C22H22N4O4S2. The molecule has 1 unspecified atom stereocenters. The van der Waals surface area contributed by atoms with Crippen molar-refractivity contribution in [3.8, 4) is 0 Å². The number of piperidine rings is 1. The summed E-state index contributed by atoms with van der Waals surface area (Å²) in [6.45, 7) is 0.297. The Labute approximate surface area is 190 Å². The maximum atomic E-state index is 13.1. The molecule has 32 heavy (non-hydrogen) atoms. The molecule has 1 fully saturated rings. The zero-order valence-electron chi connectivity index (χ0n) is 17.1. The number of aromatic nitrogens is 1. The van der Waals surface area contributed by atoms with Crippen molar-refractivity contribution < 1.29 is 18.0 Å². The van der Waals surface area contributed by atoms with Crippen LogP contribution >= 0.6 is 11.3 Å². The molecule has 2 aromatic carbocycles. The van der Waals surface area contributed by atoms with E-state index >= 15 is 0 Å². The highest BCUT2D eigenvalue weighted by Crippen LogP contribution is 2.26. The molecule has 0 aliphatic carbocycles. The van der Waals surface area contributed by atoms with Crippen LogP contribution in [-0.2, 0) is 14.8 Å². The summed E-state index contributed by atoms with van der Waals surface area (Å²) in [5.41, 5.74) is 0.910. The number of sulfonamides is 1. The van der Waals surface area contributed by atoms with Crippen LogP contribution in [0.1, 0.15) is 29.6 Å². The van der Waals surface area contributed by atoms with Crippen LogP contribution in [0.3, 0.4) is 0 Å². The van der Waals surface area contributed by atoms with Crippen LogP contribution in [0, 0.1) is 0 Å². The van der Waals surface area contributed by atoms with Crippen molar-refractivity contribution in [3.63, 3.8) is 0 Å². The Hall–Kier alpha value is -3.08. The summed E-state index contributed by atoms with van der Waals surface area (Å²) in [4.78, 5) is 29.4. The van der Waals surface area contributed by atoms with Gasteiger partial charge in [-0.2, -0.15) is 4.31 Å². The zero-order chi connectivity index (χ0) is 22.6. The van der Waals surface area contributed by atoms with Crippen LogP contribution < -0.4 is 10.6 Å². The van der Waals surface area contributed by atoms with Crippen LogP contribution in [0.5, 0.6) is 0 Å². The summed E-state index contributed by atoms with van der Waals surface area (Å²) in [6.07, 6.45) is 3.53. The first kappa shape index (κ1) is 22.1. The number of carbonyl (C=O) groups excluding carboxylic acids is 2. The molecule has 1 saturated heterocycles. The summed E-state index contributed by atoms with van der Waals surface area (Å²) in [7, 11) is -3.78. The number of anilines is 2. The Morgan fingerprint density at radius 3 is 2.44 bits per heavy atom. The molecule has 8 nitrogen and oxygen atoms in total. The second-order valence-electron chi connectivity index (χ2n) is 7.30. The highest BCUT2D eigenvalue weighted by molar-refractivity contribution is 7.89. The first-order chi connectivity index (χ1) is 15.4. The molecule has 1 aliphatic rings. The van der Waals surface area contributed by atoms with Gasteiger partial charge in [0, 0.05) is 29.4 Å². The predicted octanol–water partition coefficient (Wildman–Crippen LogP) is 3.58. The lowest BCUT2D eigenvalue weighted by Crippen LogP contribution is -2.49. The highest BCUT2D eigenvalue weighted by Gasteiger charge is 2.37. The van der Waals surface area contributed by atoms with Crippen LogP contribution in [-0.4, -0.2) is 42.1 Å². The zero-order valence-corrected chi connectivity index (χ0v) is 18.7. The number of carbonyl (C=O) groups is 2. The molecule has 2 N–H and O–H groups in total. The van der Waals surface area contributed by atoms with Gasteiger partial charge in [-0.3, -0.25) is 14.9 Å². The van der Waals surface area contributed by atoms with Crippen molar-refractivity contribution >= 4 is 44.0 Å². The number of nitrogens with zero attached hydrogens (tertiary/aromatic N) is 2. The fourth-order valence-corrected chi connectivity index (χ4v) is 5.77. The standard InChI is InChI=1S/C22H22N4O4S2/c27-20(25-22-23-13-15-31-22)16-9-11-17(12-10-16)24-21(28)19-8-4-5-14-26(19)32(29,30)18-6-2-1-3-7-18/h1-3,6-7,9-13,15,19H,4-5,8,14H2,(H,24,28)(H,23,25,27). The predicted molar refractivity (Wildman–Crippen MR) is 123 cm³/mol. The summed E-state index contributed by atoms with van der Waals surface area (Å²) in [5.74, 6) is -0.686. The number of rotatable bonds is 6. The molecule has 1 aromatic heterocycles. The van der Waals surface area contributed by atoms with Crippen molar-refractivity contribution in [2.45, 2.75) is 30.2 Å². The first-order valence-electron chi connectivity index (χ1n) is 10.1. The van der Waals surface area contributed by atoms with Gasteiger partial charge in [-0.15, -0.1) is 11.3 Å². The Morgan fingerprint density at radius 2 is 1.75 bits per heavy atom. The van der Waals surface area contributed by atoms with E-state index in [1.54, 1.807) is 54.0 Å². The quantitative estimate of drug-likeness (QED) is 0.572. The van der Waals surface area contributed by atoms with Crippen LogP contribution in [0.4, 0.5) is 10.8 Å². The second-order valence-corrected chi connectivity index (χ2v) is 10.1. The SMILES string of the molecule is O=C(Nc1nccs1)c1ccc(NC(=O)C2CCCCN2S(=O)(=O)c2ccccc2)cc1. The van der Waals surface area contributed by atoms with Gasteiger partial charge in [-0.1, -0.05) is 24.6 Å². The molecule has 0 spiro atoms. The lowest BCUT2D eigenvalue weighted by atomic mass is 10.0. The maximum absolute atomic E-state index is 13.1. The summed E-state index contributed by atoms with van der Waals surface area (Å²) >= 11 is 1.32. The molecule has 3 aromatic rings. The van der Waals surface area contributed by atoms with Crippen molar-refractivity contribution in [1.82, 2.24) is 9.29 Å². The average molecular weight is 471 g/mol. The monoisotopic (exact) mass is 470 g/mol. The van der Waals surface area contributed by atoms with Gasteiger partial charge in [-0.05, 0) is 49.2 Å². The van der Waals surface area contributed by atoms with Crippen molar-refractivity contribution in [3.05, 3.63) is 71.7 Å². The maximum Gasteiger partial charge on any atom is 0.257 e. The van der Waals surface area contributed by atoms with E-state index in [-0.39, 0.29) is 16.7 Å². The van der Waals surface area contributed by atoms with Gasteiger partial charge in [-0.25, -0.2) is 13.4 Å². The third-order valence-corrected chi connectivity index (χ3v) is 7.78. The Bertz CT molecular complexity index is 1180. The van der Waals surface area contributed by atoms with Gasteiger partial charge in [0.05, 0.1) is 4.90 Å². The van der Waals surface area contributed by atoms with Crippen LogP contribution in [0.15, 0.2) is 71.1 Å². The van der Waals surface area contributed by atoms with E-state index in [1.165, 1.54) is 27.8 Å². The first-order valence-corrected chi connectivity index (χ1v) is 12.5. The van der Waals surface area contributed by atoms with E-state index in [1.807, 2.05) is 0 Å². The van der Waals surface area contributed by atoms with Crippen LogP contribution in [0.2, 0.25) is 0 Å². The molecule has 4 rings (SSSR count). The smallest absolute Gasteiger partial charge is 0.257 e. The minimum absolute atomic E-state index is 0.176. The van der Waals surface area contributed by atoms with Crippen molar-refractivity contribution in [1.29, 1.82) is 0 Å². The van der Waals surface area contributed by atoms with E-state index in [9.17, 15) is 18.0 Å². The topological polar surface area (TPSA) is 108 Å². The summed E-state index contributed by atoms with van der Waals surface area (Å²) in [6, 6.07) is 13.8. The molecule has 1 atom stereocenters. The van der Waals surface area contributed by atoms with E-state index in [4.69, 9.17) is 0 Å². The summed E-state index contributed by atoms with van der Waals surface area (Å²) < 4.78 is 27.5. The van der Waals surface area contributed by atoms with E-state index in [0.29, 0.717) is 35.8 Å². The van der Waals surface area contributed by atoms with E-state index in [2.05, 4.69) is 15.6 Å². The minimum atomic E-state index is -3.78. The molecule has 1 aliphatic heterocycles. The second kappa shape index (κ2) is 9.60. The number of nitrogens with one attached hydrogen (secondary N) is 2. The van der Waals surface area contributed by atoms with Gasteiger partial charge in [0.15, 0.2) is 5.13 Å². The average Bonchev–Trinajstić information content (AvgIpc) is 3.33. The third-order valence-electron chi connectivity index (χ3n) is 5.17. The number of benzene rings is 2. The number of amides is 2. The molecule has 0 radical (unpaired) electrons. The van der Waals surface area contributed by atoms with Crippen molar-refractivity contribution in [2.24, 2.45) is 0 Å². The Kier molecular flexibility index (Phi) is 6.63. The molecule has 2 heterocycles. The molecule has 0 saturated carbocycles. The number of thiazole rings is 1. The third kappa shape index (κ3) is 4.87. The van der Waals surface area contributed by atoms with E-state index < -0.39 is 16.1 Å². The number of hydrogen-bond donors (Lipinski definition) is 2. The van der Waals surface area contributed by atoms with E-state index in [0.717, 1.165) is 6.42 Å². The van der Waals surface area contributed by atoms with Crippen molar-refractivity contribution in [2.75, 3.05) is 17.2 Å². The van der Waals surface area contributed by atoms with Gasteiger partial charge in [0.2, 0.25) is 15.9 Å². The summed E-state index contributed by atoms with van der Waals surface area (Å²) in [5, 5.41) is 7.75. The Balaban J connectivity index is 1.45. The molecule has 10 heteroatoms. The fraction of sp³-hybridized carbons (Fsp3) is 0.227. The molecule has 166 valence electrons. The normalized spacial score (nSPS) is 16.9.